The molecule has 0 saturated heterocycles. The molecule has 2 N–H and O–H groups in total. The van der Waals surface area contributed by atoms with Crippen LogP contribution in [0, 0.1) is 11.8 Å². The molecule has 0 aliphatic rings. The smallest absolute Gasteiger partial charge is 0.229 e. The van der Waals surface area contributed by atoms with Gasteiger partial charge in [-0.25, -0.2) is 4.98 Å². The molecule has 1 aromatic heterocycles. The van der Waals surface area contributed by atoms with Gasteiger partial charge in [0.05, 0.1) is 11.0 Å². The molecule has 1 unspecified atom stereocenters. The third-order valence-corrected chi connectivity index (χ3v) is 3.04. The van der Waals surface area contributed by atoms with Gasteiger partial charge in [-0.05, 0) is 18.1 Å². The van der Waals surface area contributed by atoms with Crippen LogP contribution < -0.4 is 5.32 Å². The quantitative estimate of drug-likeness (QED) is 0.853. The van der Waals surface area contributed by atoms with E-state index >= 15 is 0 Å². The molecule has 0 aliphatic heterocycles. The SMILES string of the molecule is CC(C)C(C)C(=O)Nc1nc2ccccc2[nH]1. The van der Waals surface area contributed by atoms with Gasteiger partial charge in [0.1, 0.15) is 0 Å². The lowest BCUT2D eigenvalue weighted by atomic mass is 9.97. The summed E-state index contributed by atoms with van der Waals surface area (Å²) in [5, 5.41) is 2.81. The van der Waals surface area contributed by atoms with Crippen LogP contribution in [-0.2, 0) is 4.79 Å². The molecular formula is C13H17N3O. The number of rotatable bonds is 3. The van der Waals surface area contributed by atoms with Crippen LogP contribution in [0.3, 0.4) is 0 Å². The van der Waals surface area contributed by atoms with E-state index in [0.717, 1.165) is 11.0 Å². The Morgan fingerprint density at radius 1 is 1.29 bits per heavy atom. The van der Waals surface area contributed by atoms with Crippen molar-refractivity contribution >= 4 is 22.9 Å². The maximum Gasteiger partial charge on any atom is 0.229 e. The minimum atomic E-state index is -0.0248. The Balaban J connectivity index is 2.16. The average molecular weight is 231 g/mol. The fraction of sp³-hybridized carbons (Fsp3) is 0.385. The number of benzene rings is 1. The number of hydrogen-bond donors (Lipinski definition) is 2. The Hall–Kier alpha value is -1.84. The molecule has 4 heteroatoms. The van der Waals surface area contributed by atoms with Gasteiger partial charge in [-0.1, -0.05) is 32.9 Å². The Kier molecular flexibility index (Phi) is 3.13. The van der Waals surface area contributed by atoms with E-state index in [1.54, 1.807) is 0 Å². The minimum Gasteiger partial charge on any atom is -0.324 e. The number of amides is 1. The van der Waals surface area contributed by atoms with Gasteiger partial charge in [0.15, 0.2) is 0 Å². The Morgan fingerprint density at radius 3 is 2.65 bits per heavy atom. The highest BCUT2D eigenvalue weighted by Gasteiger charge is 2.17. The van der Waals surface area contributed by atoms with Gasteiger partial charge in [-0.2, -0.15) is 0 Å². The number of fused-ring (bicyclic) bond motifs is 1. The van der Waals surface area contributed by atoms with Crippen molar-refractivity contribution in [1.82, 2.24) is 9.97 Å². The Bertz CT molecular complexity index is 497. The summed E-state index contributed by atoms with van der Waals surface area (Å²) in [6.45, 7) is 5.98. The normalized spacial score (nSPS) is 12.9. The summed E-state index contributed by atoms with van der Waals surface area (Å²) in [5.41, 5.74) is 1.79. The molecule has 0 aliphatic carbocycles. The van der Waals surface area contributed by atoms with Crippen molar-refractivity contribution in [3.8, 4) is 0 Å². The first kappa shape index (κ1) is 11.6. The number of aromatic amines is 1. The first-order chi connectivity index (χ1) is 8.08. The number of H-pyrrole nitrogens is 1. The zero-order valence-corrected chi connectivity index (χ0v) is 10.3. The number of nitrogens with zero attached hydrogens (tertiary/aromatic N) is 1. The summed E-state index contributed by atoms with van der Waals surface area (Å²) in [5.74, 6) is 0.811. The molecule has 17 heavy (non-hydrogen) atoms. The Morgan fingerprint density at radius 2 is 2.00 bits per heavy atom. The highest BCUT2D eigenvalue weighted by atomic mass is 16.2. The van der Waals surface area contributed by atoms with Gasteiger partial charge in [-0.15, -0.1) is 0 Å². The Labute approximate surface area is 100 Å². The lowest BCUT2D eigenvalue weighted by Gasteiger charge is -2.13. The fourth-order valence-corrected chi connectivity index (χ4v) is 1.55. The van der Waals surface area contributed by atoms with E-state index < -0.39 is 0 Å². The van der Waals surface area contributed by atoms with Crippen molar-refractivity contribution in [2.45, 2.75) is 20.8 Å². The standard InChI is InChI=1S/C13H17N3O/c1-8(2)9(3)12(17)16-13-14-10-6-4-5-7-11(10)15-13/h4-9H,1-3H3,(H2,14,15,16,17). The second kappa shape index (κ2) is 4.57. The number of carbonyl (C=O) groups is 1. The number of aromatic nitrogens is 2. The number of carbonyl (C=O) groups excluding carboxylic acids is 1. The summed E-state index contributed by atoms with van der Waals surface area (Å²) < 4.78 is 0. The molecule has 0 radical (unpaired) electrons. The molecule has 1 heterocycles. The van der Waals surface area contributed by atoms with Gasteiger partial charge in [0, 0.05) is 5.92 Å². The van der Waals surface area contributed by atoms with Crippen LogP contribution >= 0.6 is 0 Å². The molecule has 0 saturated carbocycles. The lowest BCUT2D eigenvalue weighted by molar-refractivity contribution is -0.120. The van der Waals surface area contributed by atoms with Crippen LogP contribution in [-0.4, -0.2) is 15.9 Å². The van der Waals surface area contributed by atoms with Crippen molar-refractivity contribution in [2.24, 2.45) is 11.8 Å². The first-order valence-electron chi connectivity index (χ1n) is 5.83. The van der Waals surface area contributed by atoms with Gasteiger partial charge in [-0.3, -0.25) is 10.1 Å². The van der Waals surface area contributed by atoms with Crippen LogP contribution in [0.15, 0.2) is 24.3 Å². The third kappa shape index (κ3) is 2.46. The molecule has 4 nitrogen and oxygen atoms in total. The predicted octanol–water partition coefficient (Wildman–Crippen LogP) is 2.79. The summed E-state index contributed by atoms with van der Waals surface area (Å²) in [6.07, 6.45) is 0. The molecule has 1 aromatic carbocycles. The highest BCUT2D eigenvalue weighted by molar-refractivity contribution is 5.92. The molecule has 2 rings (SSSR count). The monoisotopic (exact) mass is 231 g/mol. The fourth-order valence-electron chi connectivity index (χ4n) is 1.55. The summed E-state index contributed by atoms with van der Waals surface area (Å²) in [4.78, 5) is 19.2. The van der Waals surface area contributed by atoms with E-state index in [4.69, 9.17) is 0 Å². The molecule has 0 fully saturated rings. The second-order valence-electron chi connectivity index (χ2n) is 4.62. The number of anilines is 1. The zero-order chi connectivity index (χ0) is 12.4. The number of hydrogen-bond acceptors (Lipinski definition) is 2. The van der Waals surface area contributed by atoms with Gasteiger partial charge in [0.25, 0.3) is 0 Å². The van der Waals surface area contributed by atoms with Crippen LogP contribution in [0.4, 0.5) is 5.95 Å². The maximum absolute atomic E-state index is 11.9. The van der Waals surface area contributed by atoms with Crippen molar-refractivity contribution < 1.29 is 4.79 Å². The summed E-state index contributed by atoms with van der Waals surface area (Å²) in [7, 11) is 0. The zero-order valence-electron chi connectivity index (χ0n) is 10.3. The molecular weight excluding hydrogens is 214 g/mol. The molecule has 1 amide bonds. The van der Waals surface area contributed by atoms with Crippen molar-refractivity contribution in [3.63, 3.8) is 0 Å². The van der Waals surface area contributed by atoms with Gasteiger partial charge >= 0.3 is 0 Å². The van der Waals surface area contributed by atoms with Crippen LogP contribution in [0.5, 0.6) is 0 Å². The van der Waals surface area contributed by atoms with Gasteiger partial charge in [0.2, 0.25) is 11.9 Å². The number of para-hydroxylation sites is 2. The van der Waals surface area contributed by atoms with E-state index in [1.165, 1.54) is 0 Å². The number of nitrogens with one attached hydrogen (secondary N) is 2. The molecule has 1 atom stereocenters. The van der Waals surface area contributed by atoms with E-state index in [1.807, 2.05) is 45.0 Å². The predicted molar refractivity (Wildman–Crippen MR) is 68.7 cm³/mol. The third-order valence-electron chi connectivity index (χ3n) is 3.04. The van der Waals surface area contributed by atoms with E-state index in [-0.39, 0.29) is 11.8 Å². The van der Waals surface area contributed by atoms with Crippen molar-refractivity contribution in [3.05, 3.63) is 24.3 Å². The topological polar surface area (TPSA) is 57.8 Å². The summed E-state index contributed by atoms with van der Waals surface area (Å²) >= 11 is 0. The van der Waals surface area contributed by atoms with E-state index in [2.05, 4.69) is 15.3 Å². The average Bonchev–Trinajstić information content (AvgIpc) is 2.69. The minimum absolute atomic E-state index is 0.000874. The second-order valence-corrected chi connectivity index (χ2v) is 4.62. The molecule has 90 valence electrons. The van der Waals surface area contributed by atoms with E-state index in [0.29, 0.717) is 11.9 Å². The van der Waals surface area contributed by atoms with E-state index in [9.17, 15) is 4.79 Å². The van der Waals surface area contributed by atoms with Crippen LogP contribution in [0.1, 0.15) is 20.8 Å². The molecule has 0 bridgehead atoms. The van der Waals surface area contributed by atoms with Crippen LogP contribution in [0.2, 0.25) is 0 Å². The van der Waals surface area contributed by atoms with Crippen molar-refractivity contribution in [1.29, 1.82) is 0 Å². The van der Waals surface area contributed by atoms with Gasteiger partial charge < -0.3 is 4.98 Å². The maximum atomic E-state index is 11.9. The number of imidazole rings is 1. The highest BCUT2D eigenvalue weighted by Crippen LogP contribution is 2.16. The van der Waals surface area contributed by atoms with Crippen LogP contribution in [0.25, 0.3) is 11.0 Å². The largest absolute Gasteiger partial charge is 0.324 e. The summed E-state index contributed by atoms with van der Waals surface area (Å²) in [6, 6.07) is 7.70. The molecule has 2 aromatic rings. The lowest BCUT2D eigenvalue weighted by Crippen LogP contribution is -2.24. The molecule has 0 spiro atoms. The first-order valence-corrected chi connectivity index (χ1v) is 5.83. The van der Waals surface area contributed by atoms with Crippen molar-refractivity contribution in [2.75, 3.05) is 5.32 Å².